The van der Waals surface area contributed by atoms with Gasteiger partial charge >= 0.3 is 5.97 Å². The van der Waals surface area contributed by atoms with Gasteiger partial charge in [0.05, 0.1) is 11.3 Å². The van der Waals surface area contributed by atoms with Crippen LogP contribution >= 0.6 is 0 Å². The molecule has 1 aromatic heterocycles. The summed E-state index contributed by atoms with van der Waals surface area (Å²) in [5.74, 6) is -0.294. The molecule has 0 spiro atoms. The van der Waals surface area contributed by atoms with Gasteiger partial charge in [-0.15, -0.1) is 0 Å². The predicted octanol–water partition coefficient (Wildman–Crippen LogP) is 0.616. The second kappa shape index (κ2) is 3.77. The molecule has 0 amide bonds. The van der Waals surface area contributed by atoms with E-state index in [2.05, 4.69) is 21.6 Å². The van der Waals surface area contributed by atoms with E-state index < -0.39 is 5.97 Å². The molecule has 17 heavy (non-hydrogen) atoms. The van der Waals surface area contributed by atoms with Gasteiger partial charge in [0.2, 0.25) is 0 Å². The van der Waals surface area contributed by atoms with Crippen LogP contribution in [-0.4, -0.2) is 34.1 Å². The minimum absolute atomic E-state index is 0.115. The van der Waals surface area contributed by atoms with E-state index in [0.29, 0.717) is 11.6 Å². The predicted molar refractivity (Wildman–Crippen MR) is 59.7 cm³/mol. The van der Waals surface area contributed by atoms with Gasteiger partial charge in [0.15, 0.2) is 6.33 Å². The first-order valence-electron chi connectivity index (χ1n) is 5.89. The maximum atomic E-state index is 11.2. The van der Waals surface area contributed by atoms with Crippen LogP contribution in [0.25, 0.3) is 0 Å². The van der Waals surface area contributed by atoms with Crippen molar-refractivity contribution in [2.45, 2.75) is 24.7 Å². The first-order valence-corrected chi connectivity index (χ1v) is 5.89. The van der Waals surface area contributed by atoms with E-state index in [4.69, 9.17) is 0 Å². The van der Waals surface area contributed by atoms with Crippen molar-refractivity contribution in [1.82, 2.24) is 15.3 Å². The van der Waals surface area contributed by atoms with Crippen molar-refractivity contribution < 1.29 is 9.90 Å². The van der Waals surface area contributed by atoms with Crippen LogP contribution < -0.4 is 5.32 Å². The maximum absolute atomic E-state index is 11.2. The number of aromatic carboxylic acids is 1. The molecule has 1 saturated heterocycles. The molecule has 2 fully saturated rings. The minimum Gasteiger partial charge on any atom is -0.478 e. The number of fused-ring (bicyclic) bond motifs is 2. The Morgan fingerprint density at radius 2 is 2.53 bits per heavy atom. The number of carboxylic acid groups (broad SMARTS) is 1. The van der Waals surface area contributed by atoms with Gasteiger partial charge in [0.25, 0.3) is 0 Å². The van der Waals surface area contributed by atoms with E-state index >= 15 is 0 Å². The number of nitrogens with one attached hydrogen (secondary N) is 1. The second-order valence-corrected chi connectivity index (χ2v) is 5.06. The summed E-state index contributed by atoms with van der Waals surface area (Å²) in [4.78, 5) is 19.1. The van der Waals surface area contributed by atoms with Gasteiger partial charge in [-0.2, -0.15) is 0 Å². The first-order chi connectivity index (χ1) is 8.21. The van der Waals surface area contributed by atoms with Crippen LogP contribution in [0.5, 0.6) is 0 Å². The highest BCUT2D eigenvalue weighted by Gasteiger charge is 2.46. The number of aromatic nitrogens is 2. The molecule has 2 N–H and O–H groups in total. The lowest BCUT2D eigenvalue weighted by Crippen LogP contribution is -2.43. The summed E-state index contributed by atoms with van der Waals surface area (Å²) >= 11 is 0. The number of rotatable bonds is 2. The Balaban J connectivity index is 2.06. The Bertz CT molecular complexity index is 459. The Morgan fingerprint density at radius 3 is 3.35 bits per heavy atom. The van der Waals surface area contributed by atoms with Crippen molar-refractivity contribution >= 4 is 5.97 Å². The van der Waals surface area contributed by atoms with Crippen molar-refractivity contribution in [1.29, 1.82) is 0 Å². The third kappa shape index (κ3) is 1.61. The molecule has 2 aliphatic rings. The van der Waals surface area contributed by atoms with Crippen LogP contribution in [0.2, 0.25) is 0 Å². The van der Waals surface area contributed by atoms with Crippen LogP contribution in [0, 0.1) is 12.2 Å². The van der Waals surface area contributed by atoms with Gasteiger partial charge in [-0.05, 0) is 31.7 Å². The van der Waals surface area contributed by atoms with E-state index in [1.807, 2.05) is 0 Å². The van der Waals surface area contributed by atoms with Gasteiger partial charge in [-0.3, -0.25) is 0 Å². The van der Waals surface area contributed by atoms with Gasteiger partial charge < -0.3 is 10.4 Å². The molecule has 2 heterocycles. The van der Waals surface area contributed by atoms with Crippen molar-refractivity contribution in [2.24, 2.45) is 5.92 Å². The van der Waals surface area contributed by atoms with E-state index in [1.54, 1.807) is 0 Å². The molecule has 2 bridgehead atoms. The van der Waals surface area contributed by atoms with Gasteiger partial charge in [0.1, 0.15) is 0 Å². The molecule has 5 nitrogen and oxygen atoms in total. The monoisotopic (exact) mass is 232 g/mol. The minimum atomic E-state index is -0.947. The van der Waals surface area contributed by atoms with E-state index in [-0.39, 0.29) is 11.0 Å². The van der Waals surface area contributed by atoms with Gasteiger partial charge in [0, 0.05) is 18.2 Å². The Hall–Kier alpha value is -1.49. The summed E-state index contributed by atoms with van der Waals surface area (Å²) in [7, 11) is 0. The number of carbonyl (C=O) groups is 1. The van der Waals surface area contributed by atoms with Gasteiger partial charge in [-0.25, -0.2) is 14.8 Å². The van der Waals surface area contributed by atoms with Crippen molar-refractivity contribution in [2.75, 3.05) is 13.1 Å². The Morgan fingerprint density at radius 1 is 1.65 bits per heavy atom. The van der Waals surface area contributed by atoms with Crippen LogP contribution in [0.15, 0.2) is 6.20 Å². The third-order valence-corrected chi connectivity index (χ3v) is 4.01. The molecule has 1 aliphatic carbocycles. The number of piperidine rings is 1. The van der Waals surface area contributed by atoms with Crippen molar-refractivity contribution in [3.05, 3.63) is 23.8 Å². The first kappa shape index (κ1) is 10.7. The normalized spacial score (nSPS) is 31.4. The molecule has 89 valence electrons. The summed E-state index contributed by atoms with van der Waals surface area (Å²) in [6.45, 7) is 1.85. The average molecular weight is 232 g/mol. The smallest absolute Gasteiger partial charge is 0.339 e. The highest BCUT2D eigenvalue weighted by atomic mass is 16.4. The SMILES string of the molecule is O=C(O)c1cn[c]nc1C12CCC(CNC1)C2. The lowest BCUT2D eigenvalue weighted by molar-refractivity contribution is 0.0691. The summed E-state index contributed by atoms with van der Waals surface area (Å²) in [5, 5.41) is 12.6. The summed E-state index contributed by atoms with van der Waals surface area (Å²) in [6.07, 6.45) is 7.09. The molecule has 1 aliphatic heterocycles. The van der Waals surface area contributed by atoms with Crippen LogP contribution in [0.4, 0.5) is 0 Å². The molecule has 3 rings (SSSR count). The van der Waals surface area contributed by atoms with Crippen LogP contribution in [-0.2, 0) is 5.41 Å². The zero-order valence-corrected chi connectivity index (χ0v) is 9.44. The molecular formula is C12H14N3O2. The molecule has 5 heteroatoms. The molecule has 0 aromatic carbocycles. The Labute approximate surface area is 99.3 Å². The fourth-order valence-electron chi connectivity index (χ4n) is 3.24. The highest BCUT2D eigenvalue weighted by molar-refractivity contribution is 5.88. The van der Waals surface area contributed by atoms with Crippen LogP contribution in [0.3, 0.4) is 0 Å². The average Bonchev–Trinajstić information content (AvgIpc) is 2.66. The lowest BCUT2D eigenvalue weighted by atomic mass is 9.78. The highest BCUT2D eigenvalue weighted by Crippen LogP contribution is 2.45. The lowest BCUT2D eigenvalue weighted by Gasteiger charge is -2.33. The molecule has 1 radical (unpaired) electrons. The van der Waals surface area contributed by atoms with Crippen molar-refractivity contribution in [3.8, 4) is 0 Å². The topological polar surface area (TPSA) is 75.1 Å². The van der Waals surface area contributed by atoms with Gasteiger partial charge in [-0.1, -0.05) is 0 Å². The fraction of sp³-hybridized carbons (Fsp3) is 0.583. The van der Waals surface area contributed by atoms with Crippen molar-refractivity contribution in [3.63, 3.8) is 0 Å². The fourth-order valence-corrected chi connectivity index (χ4v) is 3.24. The number of nitrogens with zero attached hydrogens (tertiary/aromatic N) is 2. The Kier molecular flexibility index (Phi) is 2.36. The van der Waals surface area contributed by atoms with E-state index in [0.717, 1.165) is 32.4 Å². The quantitative estimate of drug-likeness (QED) is 0.781. The molecule has 2 atom stereocenters. The zero-order valence-electron chi connectivity index (χ0n) is 9.44. The maximum Gasteiger partial charge on any atom is 0.339 e. The largest absolute Gasteiger partial charge is 0.478 e. The van der Waals surface area contributed by atoms with E-state index in [1.165, 1.54) is 6.20 Å². The standard InChI is InChI=1S/C12H14N3O2/c16-11(17)9-5-14-7-15-10(9)12-2-1-8(3-12)4-13-6-12/h5,8,13H,1-4,6H2,(H,16,17). The number of carboxylic acids is 1. The second-order valence-electron chi connectivity index (χ2n) is 5.06. The molecule has 1 saturated carbocycles. The summed E-state index contributed by atoms with van der Waals surface area (Å²) < 4.78 is 0. The molecule has 1 aromatic rings. The molecular weight excluding hydrogens is 218 g/mol. The molecule has 2 unspecified atom stereocenters. The number of hydrogen-bond acceptors (Lipinski definition) is 4. The zero-order chi connectivity index (χ0) is 11.9. The number of hydrogen-bond donors (Lipinski definition) is 2. The third-order valence-electron chi connectivity index (χ3n) is 4.01. The summed E-state index contributed by atoms with van der Waals surface area (Å²) in [5.41, 5.74) is 0.776. The van der Waals surface area contributed by atoms with E-state index in [9.17, 15) is 9.90 Å². The summed E-state index contributed by atoms with van der Waals surface area (Å²) in [6, 6.07) is 0. The van der Waals surface area contributed by atoms with Crippen LogP contribution in [0.1, 0.15) is 35.3 Å².